The van der Waals surface area contributed by atoms with Gasteiger partial charge in [0.25, 0.3) is 0 Å². The fourth-order valence-electron chi connectivity index (χ4n) is 5.04. The maximum Gasteiger partial charge on any atom is 0.214 e. The van der Waals surface area contributed by atoms with Gasteiger partial charge in [0.15, 0.2) is 23.0 Å². The Hall–Kier alpha value is -4.38. The van der Waals surface area contributed by atoms with Crippen molar-refractivity contribution in [3.8, 4) is 5.75 Å². The van der Waals surface area contributed by atoms with Gasteiger partial charge in [0.2, 0.25) is 5.78 Å². The molecule has 0 radical (unpaired) electrons. The molecule has 0 aliphatic rings. The molecule has 0 bridgehead atoms. The van der Waals surface area contributed by atoms with E-state index in [0.29, 0.717) is 46.2 Å². The van der Waals surface area contributed by atoms with Crippen LogP contribution in [0.15, 0.2) is 54.4 Å². The van der Waals surface area contributed by atoms with Gasteiger partial charge in [0, 0.05) is 34.6 Å². The van der Waals surface area contributed by atoms with Gasteiger partial charge < -0.3 is 14.4 Å². The molecular formula is C34H36F3N5O2S. The van der Waals surface area contributed by atoms with Crippen molar-refractivity contribution in [2.45, 2.75) is 52.9 Å². The van der Waals surface area contributed by atoms with E-state index < -0.39 is 17.4 Å². The lowest BCUT2D eigenvalue weighted by Crippen LogP contribution is -2.28. The fraction of sp³-hybridized carbons (Fsp3) is 0.294. The molecule has 236 valence electrons. The van der Waals surface area contributed by atoms with Crippen LogP contribution >= 0.6 is 11.9 Å². The summed E-state index contributed by atoms with van der Waals surface area (Å²) in [7, 11) is 0. The predicted octanol–water partition coefficient (Wildman–Crippen LogP) is 7.54. The quantitative estimate of drug-likeness (QED) is 0.0539. The summed E-state index contributed by atoms with van der Waals surface area (Å²) in [6, 6.07) is 9.42. The van der Waals surface area contributed by atoms with Crippen LogP contribution in [-0.4, -0.2) is 37.8 Å². The van der Waals surface area contributed by atoms with E-state index in [1.165, 1.54) is 18.0 Å². The van der Waals surface area contributed by atoms with Gasteiger partial charge >= 0.3 is 0 Å². The molecule has 0 fully saturated rings. The molecule has 0 saturated carbocycles. The molecule has 5 aromatic rings. The predicted molar refractivity (Wildman–Crippen MR) is 176 cm³/mol. The Morgan fingerprint density at radius 3 is 2.67 bits per heavy atom. The smallest absolute Gasteiger partial charge is 0.214 e. The lowest BCUT2D eigenvalue weighted by molar-refractivity contribution is 0.103. The number of halogens is 3. The molecule has 5 rings (SSSR count). The number of nitrogens with zero attached hydrogens (tertiary/aromatic N) is 2. The van der Waals surface area contributed by atoms with E-state index in [0.717, 1.165) is 40.7 Å². The number of carbonyl (C=O) groups is 1. The summed E-state index contributed by atoms with van der Waals surface area (Å²) >= 11 is 1.46. The second kappa shape index (κ2) is 14.2. The number of alkyl halides is 1. The number of allylic oxidation sites excluding steroid dienone is 2. The number of hydrogen-bond acceptors (Lipinski definition) is 5. The molecule has 0 saturated heterocycles. The van der Waals surface area contributed by atoms with Gasteiger partial charge in [-0.1, -0.05) is 51.3 Å². The summed E-state index contributed by atoms with van der Waals surface area (Å²) in [5, 5.41) is 5.14. The lowest BCUT2D eigenvalue weighted by atomic mass is 9.99. The number of rotatable bonds is 13. The molecule has 45 heavy (non-hydrogen) atoms. The number of aromatic nitrogens is 4. The summed E-state index contributed by atoms with van der Waals surface area (Å²) in [5.74, 6) is -1.24. The van der Waals surface area contributed by atoms with Gasteiger partial charge in [-0.05, 0) is 67.7 Å². The number of benzene rings is 2. The van der Waals surface area contributed by atoms with Crippen LogP contribution in [0.2, 0.25) is 0 Å². The minimum absolute atomic E-state index is 0.232. The van der Waals surface area contributed by atoms with Gasteiger partial charge in [-0.15, -0.1) is 0 Å². The van der Waals surface area contributed by atoms with Crippen LogP contribution in [-0.2, 0) is 0 Å². The van der Waals surface area contributed by atoms with Crippen LogP contribution in [0.25, 0.3) is 28.7 Å². The Morgan fingerprint density at radius 1 is 1.20 bits per heavy atom. The second-order valence-electron chi connectivity index (χ2n) is 10.9. The minimum atomic E-state index is -0.810. The van der Waals surface area contributed by atoms with Gasteiger partial charge in [0.05, 0.1) is 28.6 Å². The number of para-hydroxylation sites is 1. The van der Waals surface area contributed by atoms with E-state index in [4.69, 9.17) is 9.72 Å². The molecule has 3 N–H and O–H groups in total. The lowest BCUT2D eigenvalue weighted by Gasteiger charge is -2.14. The Morgan fingerprint density at radius 2 is 1.98 bits per heavy atom. The van der Waals surface area contributed by atoms with Crippen molar-refractivity contribution in [2.24, 2.45) is 0 Å². The standard InChI is InChI=1S/C34H36F3N5O2S/c1-5-7-10-22(44-33-25(36)11-8-12-26(33)37)17-29-31(6-2)42-34(40-29)24(19-38-42)32(43)30-16-21-15-23(20(3)4)28(18-27(21)39-30)41-45-14-9-13-35/h6,8,10-12,15-20,38-39,41H,5,7,9,13-14H2,1-4H3/b22-10-,29-17+,31-6+. The third-order valence-corrected chi connectivity index (χ3v) is 8.17. The number of fused-ring (bicyclic) bond motifs is 2. The van der Waals surface area contributed by atoms with E-state index in [-0.39, 0.29) is 24.1 Å². The third kappa shape index (κ3) is 6.83. The Bertz CT molecular complexity index is 1970. The van der Waals surface area contributed by atoms with Crippen molar-refractivity contribution in [3.63, 3.8) is 0 Å². The maximum atomic E-state index is 14.4. The molecule has 7 nitrogen and oxygen atoms in total. The summed E-state index contributed by atoms with van der Waals surface area (Å²) in [5.41, 5.74) is 3.98. The minimum Gasteiger partial charge on any atom is -0.451 e. The first-order valence-electron chi connectivity index (χ1n) is 15.0. The maximum absolute atomic E-state index is 14.4. The zero-order valence-corrected chi connectivity index (χ0v) is 26.5. The number of imidazole rings is 1. The molecule has 0 atom stereocenters. The highest BCUT2D eigenvalue weighted by Gasteiger charge is 2.20. The van der Waals surface area contributed by atoms with E-state index in [1.807, 2.05) is 32.1 Å². The van der Waals surface area contributed by atoms with Gasteiger partial charge in [-0.25, -0.2) is 18.3 Å². The molecule has 3 aromatic heterocycles. The van der Waals surface area contributed by atoms with Gasteiger partial charge in [-0.2, -0.15) is 0 Å². The number of nitrogens with one attached hydrogen (secondary N) is 3. The number of unbranched alkanes of at least 4 members (excludes halogenated alkanes) is 1. The summed E-state index contributed by atoms with van der Waals surface area (Å²) in [6.45, 7) is 7.67. The molecule has 0 aliphatic carbocycles. The van der Waals surface area contributed by atoms with Crippen LogP contribution in [0, 0.1) is 11.6 Å². The summed E-state index contributed by atoms with van der Waals surface area (Å²) < 4.78 is 52.1. The first kappa shape index (κ1) is 32.0. The van der Waals surface area contributed by atoms with E-state index in [1.54, 1.807) is 22.9 Å². The van der Waals surface area contributed by atoms with Crippen molar-refractivity contribution >= 4 is 52.1 Å². The number of ketones is 1. The number of carbonyl (C=O) groups excluding carboxylic acids is 1. The number of H-pyrrole nitrogens is 2. The van der Waals surface area contributed by atoms with Crippen LogP contribution in [0.3, 0.4) is 0 Å². The third-order valence-electron chi connectivity index (χ3n) is 7.31. The highest BCUT2D eigenvalue weighted by Crippen LogP contribution is 2.32. The van der Waals surface area contributed by atoms with Crippen LogP contribution in [0.5, 0.6) is 5.75 Å². The molecule has 0 aliphatic heterocycles. The number of hydrogen-bond donors (Lipinski definition) is 3. The largest absolute Gasteiger partial charge is 0.451 e. The SMILES string of the molecule is C\C=c1/c(=C\C(=C\CCC)Oc2c(F)cccc2F)nc2c(C(=O)c3cc4cc(C(C)C)c(NSCCCF)cc4[nH]3)c[nH]n12. The van der Waals surface area contributed by atoms with E-state index >= 15 is 0 Å². The molecule has 0 unspecified atom stereocenters. The number of anilines is 1. The van der Waals surface area contributed by atoms with Crippen LogP contribution in [0.4, 0.5) is 18.9 Å². The van der Waals surface area contributed by atoms with Gasteiger partial charge in [-0.3, -0.25) is 14.3 Å². The Balaban J connectivity index is 1.52. The van der Waals surface area contributed by atoms with Crippen molar-refractivity contribution in [2.75, 3.05) is 17.1 Å². The van der Waals surface area contributed by atoms with Crippen molar-refractivity contribution < 1.29 is 22.7 Å². The first-order valence-corrected chi connectivity index (χ1v) is 15.9. The second-order valence-corrected chi connectivity index (χ2v) is 11.8. The monoisotopic (exact) mass is 635 g/mol. The topological polar surface area (TPSA) is 87.2 Å². The average Bonchev–Trinajstić information content (AvgIpc) is 3.72. The van der Waals surface area contributed by atoms with E-state index in [2.05, 4.69) is 34.7 Å². The normalized spacial score (nSPS) is 13.1. The molecular weight excluding hydrogens is 599 g/mol. The van der Waals surface area contributed by atoms with Crippen LogP contribution < -0.4 is 20.2 Å². The number of aromatic amines is 2. The van der Waals surface area contributed by atoms with Crippen molar-refractivity contribution in [1.82, 2.24) is 19.6 Å². The van der Waals surface area contributed by atoms with Crippen molar-refractivity contribution in [3.05, 3.63) is 93.6 Å². The highest BCUT2D eigenvalue weighted by atomic mass is 32.2. The fourth-order valence-corrected chi connectivity index (χ4v) is 5.73. The average molecular weight is 636 g/mol. The summed E-state index contributed by atoms with van der Waals surface area (Å²) in [4.78, 5) is 21.8. The summed E-state index contributed by atoms with van der Waals surface area (Å²) in [6.07, 6.45) is 8.70. The zero-order valence-electron chi connectivity index (χ0n) is 25.6. The molecule has 11 heteroatoms. The number of ether oxygens (including phenoxy) is 1. The Labute approximate surface area is 263 Å². The Kier molecular flexibility index (Phi) is 10.1. The van der Waals surface area contributed by atoms with Crippen LogP contribution in [0.1, 0.15) is 74.5 Å². The molecule has 3 heterocycles. The first-order chi connectivity index (χ1) is 21.7. The van der Waals surface area contributed by atoms with E-state index in [9.17, 15) is 18.0 Å². The van der Waals surface area contributed by atoms with Crippen molar-refractivity contribution in [1.29, 1.82) is 0 Å². The molecule has 0 amide bonds. The zero-order chi connectivity index (χ0) is 32.1. The molecule has 0 spiro atoms. The molecule has 2 aromatic carbocycles. The highest BCUT2D eigenvalue weighted by molar-refractivity contribution is 8.00. The van der Waals surface area contributed by atoms with Gasteiger partial charge in [0.1, 0.15) is 5.76 Å².